The summed E-state index contributed by atoms with van der Waals surface area (Å²) < 4.78 is 62.3. The Morgan fingerprint density at radius 1 is 0.941 bits per heavy atom. The number of benzene rings is 3. The van der Waals surface area contributed by atoms with Gasteiger partial charge in [0.2, 0.25) is 11.2 Å². The van der Waals surface area contributed by atoms with Crippen molar-refractivity contribution in [2.24, 2.45) is 0 Å². The Morgan fingerprint density at radius 3 is 2.38 bits per heavy atom. The van der Waals surface area contributed by atoms with Gasteiger partial charge in [-0.05, 0) is 52.3 Å². The molecule has 0 N–H and O–H groups in total. The minimum atomic E-state index is -5.04. The summed E-state index contributed by atoms with van der Waals surface area (Å²) in [5, 5.41) is -0.188. The number of carbonyl (C=O) groups is 1. The van der Waals surface area contributed by atoms with Crippen LogP contribution in [0.4, 0.5) is 13.2 Å². The summed E-state index contributed by atoms with van der Waals surface area (Å²) >= 11 is 3.23. The molecule has 0 bridgehead atoms. The molecule has 10 heteroatoms. The zero-order chi connectivity index (χ0) is 24.5. The van der Waals surface area contributed by atoms with Gasteiger partial charge in [-0.25, -0.2) is 4.79 Å². The van der Waals surface area contributed by atoms with Gasteiger partial charge in [0, 0.05) is 16.6 Å². The second-order valence-corrected chi connectivity index (χ2v) is 7.75. The van der Waals surface area contributed by atoms with Gasteiger partial charge in [0.05, 0.1) is 18.1 Å². The number of hydrogen-bond donors (Lipinski definition) is 0. The lowest BCUT2D eigenvalue weighted by atomic mass is 10.2. The molecule has 4 aromatic rings. The minimum Gasteiger partial charge on any atom is -0.497 e. The first-order valence-electron chi connectivity index (χ1n) is 9.64. The molecule has 34 heavy (non-hydrogen) atoms. The molecular weight excluding hydrogens is 521 g/mol. The smallest absolute Gasteiger partial charge is 0.453 e. The normalized spacial score (nSPS) is 11.3. The van der Waals surface area contributed by atoms with E-state index >= 15 is 0 Å². The number of esters is 1. The van der Waals surface area contributed by atoms with Crippen LogP contribution in [0, 0.1) is 0 Å². The largest absolute Gasteiger partial charge is 0.497 e. The van der Waals surface area contributed by atoms with Gasteiger partial charge < -0.3 is 18.6 Å². The molecule has 0 aliphatic rings. The number of carbonyl (C=O) groups excluding carboxylic acids is 1. The summed E-state index contributed by atoms with van der Waals surface area (Å²) in [5.74, 6) is -3.22. The van der Waals surface area contributed by atoms with Crippen LogP contribution in [0.1, 0.15) is 16.1 Å². The topological polar surface area (TPSA) is 75.0 Å². The Labute approximate surface area is 198 Å². The van der Waals surface area contributed by atoms with Crippen LogP contribution in [0.5, 0.6) is 23.0 Å². The SMILES string of the molecule is COc1cccc(Oc2c(C(F)(F)F)oc3cc(OC(=O)c4ccccc4Br)ccc3c2=O)c1. The Kier molecular flexibility index (Phi) is 6.34. The average molecular weight is 535 g/mol. The van der Waals surface area contributed by atoms with Gasteiger partial charge in [0.15, 0.2) is 0 Å². The van der Waals surface area contributed by atoms with Crippen LogP contribution in [0.3, 0.4) is 0 Å². The molecule has 6 nitrogen and oxygen atoms in total. The molecule has 0 radical (unpaired) electrons. The molecule has 174 valence electrons. The monoisotopic (exact) mass is 534 g/mol. The maximum absolute atomic E-state index is 13.8. The molecular formula is C24H14BrF3O6. The zero-order valence-electron chi connectivity index (χ0n) is 17.3. The standard InChI is InChI=1S/C24H14BrF3O6/c1-31-13-5-4-6-14(11-13)32-21-20(29)17-10-9-15(12-19(17)34-22(21)24(26,27)28)33-23(30)16-7-2-3-8-18(16)25/h2-12H,1H3. The molecule has 3 aromatic carbocycles. The van der Waals surface area contributed by atoms with E-state index in [1.807, 2.05) is 0 Å². The molecule has 0 fully saturated rings. The van der Waals surface area contributed by atoms with Crippen molar-refractivity contribution in [1.82, 2.24) is 0 Å². The van der Waals surface area contributed by atoms with Crippen molar-refractivity contribution in [3.05, 3.63) is 92.7 Å². The van der Waals surface area contributed by atoms with Gasteiger partial charge in [-0.2, -0.15) is 13.2 Å². The van der Waals surface area contributed by atoms with E-state index in [2.05, 4.69) is 15.9 Å². The van der Waals surface area contributed by atoms with Crippen molar-refractivity contribution in [2.75, 3.05) is 7.11 Å². The number of methoxy groups -OCH3 is 1. The molecule has 0 aliphatic carbocycles. The first-order valence-corrected chi connectivity index (χ1v) is 10.4. The second-order valence-electron chi connectivity index (χ2n) is 6.90. The fraction of sp³-hybridized carbons (Fsp3) is 0.0833. The summed E-state index contributed by atoms with van der Waals surface area (Å²) in [5.41, 5.74) is -1.25. The van der Waals surface area contributed by atoms with Crippen molar-refractivity contribution >= 4 is 32.9 Å². The van der Waals surface area contributed by atoms with Crippen molar-refractivity contribution in [3.8, 4) is 23.0 Å². The summed E-state index contributed by atoms with van der Waals surface area (Å²) in [6.45, 7) is 0. The van der Waals surface area contributed by atoms with E-state index in [1.165, 1.54) is 43.5 Å². The van der Waals surface area contributed by atoms with Crippen LogP contribution in [0.15, 0.2) is 80.4 Å². The lowest BCUT2D eigenvalue weighted by Gasteiger charge is -2.14. The fourth-order valence-corrected chi connectivity index (χ4v) is 3.52. The number of halogens is 4. The average Bonchev–Trinajstić information content (AvgIpc) is 2.80. The van der Waals surface area contributed by atoms with Gasteiger partial charge in [-0.1, -0.05) is 18.2 Å². The van der Waals surface area contributed by atoms with E-state index in [0.29, 0.717) is 10.2 Å². The molecule has 0 spiro atoms. The Balaban J connectivity index is 1.76. The molecule has 0 saturated heterocycles. The predicted octanol–water partition coefficient (Wildman–Crippen LogP) is 6.59. The van der Waals surface area contributed by atoms with Crippen LogP contribution >= 0.6 is 15.9 Å². The van der Waals surface area contributed by atoms with Crippen molar-refractivity contribution in [3.63, 3.8) is 0 Å². The van der Waals surface area contributed by atoms with E-state index in [1.54, 1.807) is 24.3 Å². The maximum atomic E-state index is 13.8. The molecule has 0 amide bonds. The van der Waals surface area contributed by atoms with Crippen LogP contribution < -0.4 is 19.6 Å². The molecule has 0 atom stereocenters. The molecule has 1 aromatic heterocycles. The molecule has 1 heterocycles. The lowest BCUT2D eigenvalue weighted by molar-refractivity contribution is -0.154. The summed E-state index contributed by atoms with van der Waals surface area (Å²) in [6, 6.07) is 15.7. The van der Waals surface area contributed by atoms with Gasteiger partial charge in [0.25, 0.3) is 5.76 Å². The number of fused-ring (bicyclic) bond motifs is 1. The zero-order valence-corrected chi connectivity index (χ0v) is 18.9. The third-order valence-corrected chi connectivity index (χ3v) is 5.34. The van der Waals surface area contributed by atoms with Gasteiger partial charge in [-0.3, -0.25) is 4.79 Å². The van der Waals surface area contributed by atoms with Crippen LogP contribution in [0.25, 0.3) is 11.0 Å². The van der Waals surface area contributed by atoms with Gasteiger partial charge >= 0.3 is 12.1 Å². The summed E-state index contributed by atoms with van der Waals surface area (Å²) in [6.07, 6.45) is -5.04. The van der Waals surface area contributed by atoms with Crippen molar-refractivity contribution in [1.29, 1.82) is 0 Å². The highest BCUT2D eigenvalue weighted by molar-refractivity contribution is 9.10. The number of rotatable bonds is 5. The Bertz CT molecular complexity index is 1450. The maximum Gasteiger partial charge on any atom is 0.453 e. The molecule has 4 rings (SSSR count). The second kappa shape index (κ2) is 9.22. The highest BCUT2D eigenvalue weighted by Gasteiger charge is 2.40. The van der Waals surface area contributed by atoms with E-state index in [4.69, 9.17) is 18.6 Å². The lowest BCUT2D eigenvalue weighted by Crippen LogP contribution is -2.15. The minimum absolute atomic E-state index is 0.0458. The van der Waals surface area contributed by atoms with E-state index in [-0.39, 0.29) is 22.4 Å². The van der Waals surface area contributed by atoms with E-state index < -0.39 is 34.7 Å². The van der Waals surface area contributed by atoms with E-state index in [9.17, 15) is 22.8 Å². The molecule has 0 aliphatic heterocycles. The fourth-order valence-electron chi connectivity index (χ4n) is 3.07. The highest BCUT2D eigenvalue weighted by atomic mass is 79.9. The summed E-state index contributed by atoms with van der Waals surface area (Å²) in [4.78, 5) is 25.3. The number of hydrogen-bond acceptors (Lipinski definition) is 6. The van der Waals surface area contributed by atoms with Gasteiger partial charge in [0.1, 0.15) is 22.8 Å². The number of alkyl halides is 3. The predicted molar refractivity (Wildman–Crippen MR) is 120 cm³/mol. The van der Waals surface area contributed by atoms with E-state index in [0.717, 1.165) is 6.07 Å². The van der Waals surface area contributed by atoms with Crippen molar-refractivity contribution in [2.45, 2.75) is 6.18 Å². The highest BCUT2D eigenvalue weighted by Crippen LogP contribution is 2.39. The molecule has 0 saturated carbocycles. The Hall–Kier alpha value is -3.79. The van der Waals surface area contributed by atoms with Crippen LogP contribution in [0.2, 0.25) is 0 Å². The third kappa shape index (κ3) is 4.76. The first kappa shape index (κ1) is 23.4. The van der Waals surface area contributed by atoms with Crippen molar-refractivity contribution < 1.29 is 36.6 Å². The Morgan fingerprint density at radius 2 is 1.68 bits per heavy atom. The first-order chi connectivity index (χ1) is 16.2. The third-order valence-electron chi connectivity index (χ3n) is 4.65. The van der Waals surface area contributed by atoms with Gasteiger partial charge in [-0.15, -0.1) is 0 Å². The molecule has 0 unspecified atom stereocenters. The van der Waals surface area contributed by atoms with Crippen LogP contribution in [-0.4, -0.2) is 13.1 Å². The quantitative estimate of drug-likeness (QED) is 0.212. The van der Waals surface area contributed by atoms with Crippen LogP contribution in [-0.2, 0) is 6.18 Å². The summed E-state index contributed by atoms with van der Waals surface area (Å²) in [7, 11) is 1.38. The number of ether oxygens (including phenoxy) is 3.